The maximum absolute atomic E-state index is 13.4. The Hall–Kier alpha value is -4.06. The SMILES string of the molecule is CN1C(=O)N[C@H](c2cccc(OCc3ccccc3)c2)C2=C1CN(Cc1ccccc1)C2=O. The lowest BCUT2D eigenvalue weighted by Gasteiger charge is -2.31. The minimum absolute atomic E-state index is 0.0543. The van der Waals surface area contributed by atoms with Crippen molar-refractivity contribution in [3.8, 4) is 5.75 Å². The van der Waals surface area contributed by atoms with Crippen LogP contribution >= 0.6 is 0 Å². The van der Waals surface area contributed by atoms with Gasteiger partial charge in [0.1, 0.15) is 12.4 Å². The van der Waals surface area contributed by atoms with Crippen LogP contribution in [0.5, 0.6) is 5.75 Å². The van der Waals surface area contributed by atoms with Crippen LogP contribution in [0.2, 0.25) is 0 Å². The second-order valence-electron chi connectivity index (χ2n) is 8.30. The summed E-state index contributed by atoms with van der Waals surface area (Å²) in [5.41, 5.74) is 4.32. The average molecular weight is 440 g/mol. The van der Waals surface area contributed by atoms with Gasteiger partial charge < -0.3 is 15.0 Å². The maximum Gasteiger partial charge on any atom is 0.322 e. The van der Waals surface area contributed by atoms with Crippen molar-refractivity contribution in [1.29, 1.82) is 0 Å². The topological polar surface area (TPSA) is 61.9 Å². The fourth-order valence-corrected chi connectivity index (χ4v) is 4.33. The van der Waals surface area contributed by atoms with Crippen molar-refractivity contribution in [2.24, 2.45) is 0 Å². The summed E-state index contributed by atoms with van der Waals surface area (Å²) in [6.45, 7) is 1.36. The minimum atomic E-state index is -0.516. The number of carbonyl (C=O) groups excluding carboxylic acids is 2. The van der Waals surface area contributed by atoms with Crippen LogP contribution < -0.4 is 10.1 Å². The number of ether oxygens (including phenoxy) is 1. The van der Waals surface area contributed by atoms with Crippen LogP contribution in [0.3, 0.4) is 0 Å². The van der Waals surface area contributed by atoms with Crippen LogP contribution in [0.1, 0.15) is 22.7 Å². The Bertz CT molecular complexity index is 1210. The van der Waals surface area contributed by atoms with E-state index in [1.54, 1.807) is 16.8 Å². The van der Waals surface area contributed by atoms with Crippen molar-refractivity contribution in [3.05, 3.63) is 113 Å². The summed E-state index contributed by atoms with van der Waals surface area (Å²) >= 11 is 0. The van der Waals surface area contributed by atoms with Crippen LogP contribution in [-0.4, -0.2) is 35.3 Å². The number of urea groups is 1. The zero-order valence-corrected chi connectivity index (χ0v) is 18.4. The normalized spacial score (nSPS) is 17.8. The van der Waals surface area contributed by atoms with E-state index in [-0.39, 0.29) is 11.9 Å². The second-order valence-corrected chi connectivity index (χ2v) is 8.30. The molecule has 0 aliphatic carbocycles. The van der Waals surface area contributed by atoms with Crippen LogP contribution in [-0.2, 0) is 17.9 Å². The molecule has 0 spiro atoms. The highest BCUT2D eigenvalue weighted by Gasteiger charge is 2.42. The summed E-state index contributed by atoms with van der Waals surface area (Å²) in [4.78, 5) is 29.5. The molecule has 2 heterocycles. The smallest absolute Gasteiger partial charge is 0.322 e. The third-order valence-corrected chi connectivity index (χ3v) is 6.09. The number of benzene rings is 3. The zero-order chi connectivity index (χ0) is 22.8. The number of hydrogen-bond donors (Lipinski definition) is 1. The first-order valence-corrected chi connectivity index (χ1v) is 11.0. The Morgan fingerprint density at radius 1 is 0.909 bits per heavy atom. The number of carbonyl (C=O) groups is 2. The molecule has 166 valence electrons. The molecule has 2 aliphatic heterocycles. The van der Waals surface area contributed by atoms with E-state index in [1.165, 1.54) is 0 Å². The Kier molecular flexibility index (Phi) is 5.57. The van der Waals surface area contributed by atoms with E-state index in [0.717, 1.165) is 22.4 Å². The lowest BCUT2D eigenvalue weighted by molar-refractivity contribution is -0.126. The molecule has 3 aromatic rings. The molecule has 0 fully saturated rings. The van der Waals surface area contributed by atoms with Gasteiger partial charge in [0.15, 0.2) is 0 Å². The Morgan fingerprint density at radius 2 is 1.61 bits per heavy atom. The van der Waals surface area contributed by atoms with Gasteiger partial charge in [-0.2, -0.15) is 0 Å². The predicted octanol–water partition coefficient (Wildman–Crippen LogP) is 4.26. The molecule has 0 saturated carbocycles. The number of amides is 3. The van der Waals surface area contributed by atoms with E-state index < -0.39 is 6.04 Å². The quantitative estimate of drug-likeness (QED) is 0.624. The summed E-state index contributed by atoms with van der Waals surface area (Å²) < 4.78 is 5.98. The second kappa shape index (κ2) is 8.82. The maximum atomic E-state index is 13.4. The molecule has 3 aromatic carbocycles. The summed E-state index contributed by atoms with van der Waals surface area (Å²) in [5.74, 6) is 0.638. The molecule has 0 saturated heterocycles. The minimum Gasteiger partial charge on any atom is -0.489 e. The Balaban J connectivity index is 1.40. The van der Waals surface area contributed by atoms with Crippen molar-refractivity contribution in [2.75, 3.05) is 13.6 Å². The van der Waals surface area contributed by atoms with Gasteiger partial charge in [0.2, 0.25) is 0 Å². The lowest BCUT2D eigenvalue weighted by atomic mass is 9.95. The van der Waals surface area contributed by atoms with Gasteiger partial charge >= 0.3 is 6.03 Å². The molecular weight excluding hydrogens is 414 g/mol. The van der Waals surface area contributed by atoms with E-state index in [1.807, 2.05) is 84.9 Å². The van der Waals surface area contributed by atoms with Gasteiger partial charge in [-0.1, -0.05) is 72.8 Å². The molecular formula is C27H25N3O3. The van der Waals surface area contributed by atoms with Crippen molar-refractivity contribution in [2.45, 2.75) is 19.2 Å². The highest BCUT2D eigenvalue weighted by molar-refractivity contribution is 6.01. The standard InChI is InChI=1S/C27H25N3O3/c1-29-23-17-30(16-19-9-4-2-5-10-19)26(31)24(23)25(28-27(29)32)21-13-8-14-22(15-21)33-18-20-11-6-3-7-12-20/h2-15,25H,16-18H2,1H3,(H,28,32)/t25-/m1/s1. The van der Waals surface area contributed by atoms with Gasteiger partial charge in [-0.25, -0.2) is 4.79 Å². The molecule has 5 rings (SSSR count). The van der Waals surface area contributed by atoms with E-state index >= 15 is 0 Å². The zero-order valence-electron chi connectivity index (χ0n) is 18.4. The molecule has 33 heavy (non-hydrogen) atoms. The first-order chi connectivity index (χ1) is 16.1. The van der Waals surface area contributed by atoms with Crippen molar-refractivity contribution < 1.29 is 14.3 Å². The van der Waals surface area contributed by atoms with Crippen LogP contribution in [0.4, 0.5) is 4.79 Å². The van der Waals surface area contributed by atoms with Gasteiger partial charge in [0, 0.05) is 13.6 Å². The predicted molar refractivity (Wildman–Crippen MR) is 125 cm³/mol. The molecule has 3 amide bonds. The monoisotopic (exact) mass is 439 g/mol. The fourth-order valence-electron chi connectivity index (χ4n) is 4.33. The Labute approximate surface area is 193 Å². The lowest BCUT2D eigenvalue weighted by Crippen LogP contribution is -2.45. The van der Waals surface area contributed by atoms with Crippen molar-refractivity contribution in [1.82, 2.24) is 15.1 Å². The fraction of sp³-hybridized carbons (Fsp3) is 0.185. The average Bonchev–Trinajstić information content (AvgIpc) is 3.17. The molecule has 0 aromatic heterocycles. The summed E-state index contributed by atoms with van der Waals surface area (Å²) in [5, 5.41) is 3.00. The highest BCUT2D eigenvalue weighted by Crippen LogP contribution is 2.37. The highest BCUT2D eigenvalue weighted by atomic mass is 16.5. The molecule has 6 nitrogen and oxygen atoms in total. The third kappa shape index (κ3) is 4.20. The first kappa shape index (κ1) is 20.8. The van der Waals surface area contributed by atoms with Crippen LogP contribution in [0, 0.1) is 0 Å². The molecule has 0 radical (unpaired) electrons. The number of hydrogen-bond acceptors (Lipinski definition) is 3. The molecule has 2 aliphatic rings. The molecule has 6 heteroatoms. The molecule has 1 atom stereocenters. The van der Waals surface area contributed by atoms with E-state index in [9.17, 15) is 9.59 Å². The largest absolute Gasteiger partial charge is 0.489 e. The summed E-state index contributed by atoms with van der Waals surface area (Å²) in [6, 6.07) is 26.7. The molecule has 0 unspecified atom stereocenters. The summed E-state index contributed by atoms with van der Waals surface area (Å²) in [7, 11) is 1.71. The number of likely N-dealkylation sites (N-methyl/N-ethyl adjacent to an activating group) is 1. The third-order valence-electron chi connectivity index (χ3n) is 6.09. The van der Waals surface area contributed by atoms with Gasteiger partial charge in [0.05, 0.1) is 23.9 Å². The molecule has 1 N–H and O–H groups in total. The van der Waals surface area contributed by atoms with Crippen molar-refractivity contribution >= 4 is 11.9 Å². The van der Waals surface area contributed by atoms with Gasteiger partial charge in [0.25, 0.3) is 5.91 Å². The van der Waals surface area contributed by atoms with Crippen LogP contribution in [0.15, 0.2) is 96.2 Å². The van der Waals surface area contributed by atoms with E-state index in [4.69, 9.17) is 4.74 Å². The molecule has 0 bridgehead atoms. The Morgan fingerprint density at radius 3 is 2.33 bits per heavy atom. The van der Waals surface area contributed by atoms with E-state index in [0.29, 0.717) is 31.0 Å². The van der Waals surface area contributed by atoms with Gasteiger partial charge in [-0.3, -0.25) is 9.69 Å². The first-order valence-electron chi connectivity index (χ1n) is 11.0. The number of nitrogens with one attached hydrogen (secondary N) is 1. The van der Waals surface area contributed by atoms with Gasteiger partial charge in [-0.05, 0) is 28.8 Å². The number of nitrogens with zero attached hydrogens (tertiary/aromatic N) is 2. The van der Waals surface area contributed by atoms with E-state index in [2.05, 4.69) is 5.32 Å². The van der Waals surface area contributed by atoms with Gasteiger partial charge in [-0.15, -0.1) is 0 Å². The van der Waals surface area contributed by atoms with Crippen molar-refractivity contribution in [3.63, 3.8) is 0 Å². The number of rotatable bonds is 6. The van der Waals surface area contributed by atoms with Crippen LogP contribution in [0.25, 0.3) is 0 Å². The summed E-state index contributed by atoms with van der Waals surface area (Å²) in [6.07, 6.45) is 0.